The molecule has 3 aromatic rings. The van der Waals surface area contributed by atoms with E-state index in [1.54, 1.807) is 0 Å². The van der Waals surface area contributed by atoms with Gasteiger partial charge in [-0.1, -0.05) is 18.2 Å². The summed E-state index contributed by atoms with van der Waals surface area (Å²) in [6.07, 6.45) is -1.78. The summed E-state index contributed by atoms with van der Waals surface area (Å²) in [6, 6.07) is 7.51. The number of aliphatic hydroxyl groups excluding tert-OH is 1. The summed E-state index contributed by atoms with van der Waals surface area (Å²) in [6.45, 7) is 0.670. The Kier molecular flexibility index (Phi) is 8.15. The van der Waals surface area contributed by atoms with Gasteiger partial charge in [0.15, 0.2) is 0 Å². The number of aliphatic hydroxyl groups is 1. The number of carbonyl (C=O) groups is 2. The number of aryl methyl sites for hydroxylation is 3. The first-order valence-electron chi connectivity index (χ1n) is 11.9. The molecular weight excluding hydrogens is 507 g/mol. The van der Waals surface area contributed by atoms with Crippen molar-refractivity contribution in [2.75, 3.05) is 11.9 Å². The molecular formula is C25H26F3N5O5. The number of carboxylic acid groups (broad SMARTS) is 1. The van der Waals surface area contributed by atoms with Crippen molar-refractivity contribution in [3.8, 4) is 5.75 Å². The third kappa shape index (κ3) is 6.79. The summed E-state index contributed by atoms with van der Waals surface area (Å²) in [5, 5.41) is 29.3. The van der Waals surface area contributed by atoms with Crippen LogP contribution in [-0.4, -0.2) is 49.8 Å². The van der Waals surface area contributed by atoms with E-state index in [0.717, 1.165) is 48.6 Å². The van der Waals surface area contributed by atoms with Crippen LogP contribution in [0, 0.1) is 0 Å². The van der Waals surface area contributed by atoms with Crippen LogP contribution in [0.25, 0.3) is 0 Å². The number of benzene rings is 1. The number of nitrogens with one attached hydrogen (secondary N) is 2. The third-order valence-corrected chi connectivity index (χ3v) is 6.05. The molecule has 38 heavy (non-hydrogen) atoms. The quantitative estimate of drug-likeness (QED) is 0.312. The molecule has 0 saturated carbocycles. The topological polar surface area (TPSA) is 139 Å². The maximum absolute atomic E-state index is 13.1. The number of halogens is 3. The normalized spacial score (nSPS) is 13.8. The number of nitrogens with zero attached hydrogens (tertiary/aromatic N) is 3. The van der Waals surface area contributed by atoms with Gasteiger partial charge in [0.1, 0.15) is 11.6 Å². The molecule has 3 heterocycles. The van der Waals surface area contributed by atoms with Crippen LogP contribution in [0.1, 0.15) is 51.8 Å². The Labute approximate surface area is 215 Å². The number of hydrogen-bond acceptors (Lipinski definition) is 7. The van der Waals surface area contributed by atoms with E-state index in [1.807, 2.05) is 12.1 Å². The number of rotatable bonds is 10. The molecule has 1 unspecified atom stereocenters. The standard InChI is InChI=1S/C25H26F3N5O5/c26-25(27,28)38-18-5-1-3-16(11-18)20(12-22(35)36)32-24(37)19-13-30-33(21(19)14-34)10-8-17-7-6-15-4-2-9-29-23(15)31-17/h1,3,5-7,11,13,20,34H,2,4,8-10,12,14H2,(H,29,31)(H,32,37)(H,35,36). The first-order chi connectivity index (χ1) is 18.1. The predicted molar refractivity (Wildman–Crippen MR) is 128 cm³/mol. The Balaban J connectivity index is 1.49. The molecule has 1 atom stereocenters. The fourth-order valence-electron chi connectivity index (χ4n) is 4.28. The highest BCUT2D eigenvalue weighted by Gasteiger charge is 2.31. The molecule has 4 rings (SSSR count). The molecule has 1 aliphatic heterocycles. The number of ether oxygens (including phenoxy) is 1. The van der Waals surface area contributed by atoms with Gasteiger partial charge in [-0.05, 0) is 42.2 Å². The number of hydrogen-bond donors (Lipinski definition) is 4. The van der Waals surface area contributed by atoms with Gasteiger partial charge in [0.25, 0.3) is 5.91 Å². The van der Waals surface area contributed by atoms with Gasteiger partial charge in [0.05, 0.1) is 36.5 Å². The second-order valence-corrected chi connectivity index (χ2v) is 8.72. The van der Waals surface area contributed by atoms with E-state index in [9.17, 15) is 33.0 Å². The molecule has 2 aromatic heterocycles. The van der Waals surface area contributed by atoms with Crippen LogP contribution in [0.15, 0.2) is 42.6 Å². The first kappa shape index (κ1) is 26.9. The van der Waals surface area contributed by atoms with Crippen LogP contribution >= 0.6 is 0 Å². The zero-order chi connectivity index (χ0) is 27.3. The van der Waals surface area contributed by atoms with Crippen molar-refractivity contribution in [2.24, 2.45) is 0 Å². The molecule has 0 fully saturated rings. The number of aromatic nitrogens is 3. The Bertz CT molecular complexity index is 1310. The van der Waals surface area contributed by atoms with E-state index in [-0.39, 0.29) is 16.8 Å². The lowest BCUT2D eigenvalue weighted by molar-refractivity contribution is -0.274. The van der Waals surface area contributed by atoms with Crippen molar-refractivity contribution in [1.29, 1.82) is 0 Å². The molecule has 0 aliphatic carbocycles. The minimum Gasteiger partial charge on any atom is -0.481 e. The number of aliphatic carboxylic acids is 1. The molecule has 1 aromatic carbocycles. The molecule has 1 aliphatic rings. The Morgan fingerprint density at radius 1 is 1.24 bits per heavy atom. The number of carboxylic acids is 1. The van der Waals surface area contributed by atoms with Crippen molar-refractivity contribution in [3.63, 3.8) is 0 Å². The number of amides is 1. The zero-order valence-corrected chi connectivity index (χ0v) is 20.2. The van der Waals surface area contributed by atoms with Crippen molar-refractivity contribution in [3.05, 3.63) is 70.7 Å². The van der Waals surface area contributed by atoms with Gasteiger partial charge in [0.2, 0.25) is 0 Å². The summed E-state index contributed by atoms with van der Waals surface area (Å²) in [4.78, 5) is 29.1. The van der Waals surface area contributed by atoms with Crippen molar-refractivity contribution >= 4 is 17.7 Å². The zero-order valence-electron chi connectivity index (χ0n) is 20.2. The lowest BCUT2D eigenvalue weighted by Crippen LogP contribution is -2.31. The lowest BCUT2D eigenvalue weighted by Gasteiger charge is -2.19. The summed E-state index contributed by atoms with van der Waals surface area (Å²) in [5.74, 6) is -1.70. The maximum Gasteiger partial charge on any atom is 0.573 e. The summed E-state index contributed by atoms with van der Waals surface area (Å²) in [5.41, 5.74) is 2.30. The molecule has 13 heteroatoms. The van der Waals surface area contributed by atoms with E-state index in [0.29, 0.717) is 13.0 Å². The highest BCUT2D eigenvalue weighted by Crippen LogP contribution is 2.27. The molecule has 202 valence electrons. The Hall–Kier alpha value is -4.13. The molecule has 0 bridgehead atoms. The van der Waals surface area contributed by atoms with Gasteiger partial charge in [-0.3, -0.25) is 14.3 Å². The maximum atomic E-state index is 13.1. The van der Waals surface area contributed by atoms with E-state index in [4.69, 9.17) is 0 Å². The summed E-state index contributed by atoms with van der Waals surface area (Å²) < 4.78 is 43.2. The fraction of sp³-hybridized carbons (Fsp3) is 0.360. The highest BCUT2D eigenvalue weighted by atomic mass is 19.4. The Morgan fingerprint density at radius 2 is 2.05 bits per heavy atom. The van der Waals surface area contributed by atoms with Gasteiger partial charge in [-0.2, -0.15) is 5.10 Å². The van der Waals surface area contributed by atoms with Gasteiger partial charge in [-0.15, -0.1) is 13.2 Å². The second-order valence-electron chi connectivity index (χ2n) is 8.72. The van der Waals surface area contributed by atoms with E-state index < -0.39 is 43.1 Å². The third-order valence-electron chi connectivity index (χ3n) is 6.05. The van der Waals surface area contributed by atoms with E-state index in [1.165, 1.54) is 23.0 Å². The molecule has 0 spiro atoms. The van der Waals surface area contributed by atoms with Crippen LogP contribution < -0.4 is 15.4 Å². The lowest BCUT2D eigenvalue weighted by atomic mass is 10.0. The number of alkyl halides is 3. The average Bonchev–Trinajstić information content (AvgIpc) is 3.29. The number of carbonyl (C=O) groups excluding carboxylic acids is 1. The minimum absolute atomic E-state index is 0.0191. The van der Waals surface area contributed by atoms with E-state index in [2.05, 4.69) is 25.5 Å². The van der Waals surface area contributed by atoms with Crippen LogP contribution in [0.4, 0.5) is 19.0 Å². The van der Waals surface area contributed by atoms with Crippen molar-refractivity contribution < 1.29 is 37.7 Å². The molecule has 10 nitrogen and oxygen atoms in total. The minimum atomic E-state index is -4.93. The van der Waals surface area contributed by atoms with Crippen LogP contribution in [0.2, 0.25) is 0 Å². The van der Waals surface area contributed by atoms with Gasteiger partial charge < -0.3 is 25.6 Å². The Morgan fingerprint density at radius 3 is 2.79 bits per heavy atom. The first-order valence-corrected chi connectivity index (χ1v) is 11.9. The monoisotopic (exact) mass is 533 g/mol. The summed E-state index contributed by atoms with van der Waals surface area (Å²) >= 11 is 0. The number of anilines is 1. The van der Waals surface area contributed by atoms with E-state index >= 15 is 0 Å². The predicted octanol–water partition coefficient (Wildman–Crippen LogP) is 3.22. The SMILES string of the molecule is O=C(O)CC(NC(=O)c1cnn(CCc2ccc3c(n2)NCCC3)c1CO)c1cccc(OC(F)(F)F)c1. The van der Waals surface area contributed by atoms with Crippen LogP contribution in [0.5, 0.6) is 5.75 Å². The fourth-order valence-corrected chi connectivity index (χ4v) is 4.28. The largest absolute Gasteiger partial charge is 0.573 e. The smallest absolute Gasteiger partial charge is 0.481 e. The summed E-state index contributed by atoms with van der Waals surface area (Å²) in [7, 11) is 0. The molecule has 4 N–H and O–H groups in total. The molecule has 1 amide bonds. The van der Waals surface area contributed by atoms with Crippen molar-refractivity contribution in [2.45, 2.75) is 51.2 Å². The average molecular weight is 534 g/mol. The van der Waals surface area contributed by atoms with Gasteiger partial charge in [0, 0.05) is 25.2 Å². The molecule has 0 saturated heterocycles. The van der Waals surface area contributed by atoms with Gasteiger partial charge in [-0.25, -0.2) is 4.98 Å². The van der Waals surface area contributed by atoms with Gasteiger partial charge >= 0.3 is 12.3 Å². The number of fused-ring (bicyclic) bond motifs is 1. The van der Waals surface area contributed by atoms with Crippen LogP contribution in [0.3, 0.4) is 0 Å². The number of pyridine rings is 1. The highest BCUT2D eigenvalue weighted by molar-refractivity contribution is 5.95. The van der Waals surface area contributed by atoms with Crippen molar-refractivity contribution in [1.82, 2.24) is 20.1 Å². The van der Waals surface area contributed by atoms with Crippen LogP contribution in [-0.2, 0) is 30.8 Å². The molecule has 0 radical (unpaired) electrons. The second kappa shape index (κ2) is 11.5.